The van der Waals surface area contributed by atoms with Gasteiger partial charge in [-0.05, 0) is 34.7 Å². The van der Waals surface area contributed by atoms with Crippen LogP contribution in [-0.4, -0.2) is 26.1 Å². The Morgan fingerprint density at radius 1 is 1.41 bits per heavy atom. The summed E-state index contributed by atoms with van der Waals surface area (Å²) in [4.78, 5) is 11.7. The van der Waals surface area contributed by atoms with Crippen molar-refractivity contribution in [3.8, 4) is 0 Å². The number of tetrazole rings is 1. The van der Waals surface area contributed by atoms with E-state index in [1.54, 1.807) is 7.05 Å². The van der Waals surface area contributed by atoms with E-state index >= 15 is 0 Å². The second-order valence-electron chi connectivity index (χ2n) is 3.41. The summed E-state index contributed by atoms with van der Waals surface area (Å²) in [6.07, 6.45) is 0. The Balaban J connectivity index is 1.98. The molecule has 1 amide bonds. The van der Waals surface area contributed by atoms with Gasteiger partial charge in [-0.2, -0.15) is 0 Å². The number of nitrogens with zero attached hydrogens (tertiary/aromatic N) is 4. The molecule has 17 heavy (non-hydrogen) atoms. The van der Waals surface area contributed by atoms with Crippen LogP contribution in [0.15, 0.2) is 24.3 Å². The molecule has 0 saturated carbocycles. The van der Waals surface area contributed by atoms with E-state index in [2.05, 4.69) is 20.8 Å². The molecule has 0 bridgehead atoms. The van der Waals surface area contributed by atoms with Gasteiger partial charge in [0.2, 0.25) is 0 Å². The lowest BCUT2D eigenvalue weighted by atomic mass is 10.2. The van der Waals surface area contributed by atoms with Crippen LogP contribution in [0, 0.1) is 5.82 Å². The van der Waals surface area contributed by atoms with Crippen LogP contribution in [0.25, 0.3) is 0 Å². The van der Waals surface area contributed by atoms with Crippen molar-refractivity contribution in [2.45, 2.75) is 6.54 Å². The first-order valence-electron chi connectivity index (χ1n) is 4.92. The maximum atomic E-state index is 12.7. The number of nitrogens with one attached hydrogen (secondary N) is 1. The number of aryl methyl sites for hydroxylation is 1. The highest BCUT2D eigenvalue weighted by Gasteiger charge is 2.07. The molecule has 1 aromatic heterocycles. The first-order chi connectivity index (χ1) is 8.16. The van der Waals surface area contributed by atoms with E-state index in [-0.39, 0.29) is 18.3 Å². The van der Waals surface area contributed by atoms with Crippen molar-refractivity contribution in [2.24, 2.45) is 7.05 Å². The molecule has 6 nitrogen and oxygen atoms in total. The summed E-state index contributed by atoms with van der Waals surface area (Å²) in [5, 5.41) is 13.4. The van der Waals surface area contributed by atoms with Gasteiger partial charge in [0.1, 0.15) is 5.82 Å². The average Bonchev–Trinajstić information content (AvgIpc) is 2.73. The largest absolute Gasteiger partial charge is 0.345 e. The second-order valence-corrected chi connectivity index (χ2v) is 3.41. The summed E-state index contributed by atoms with van der Waals surface area (Å²) in [5.74, 6) is -0.132. The zero-order chi connectivity index (χ0) is 12.3. The molecular weight excluding hydrogens is 225 g/mol. The molecule has 1 N–H and O–H groups in total. The number of carbonyl (C=O) groups excluding carboxylic acids is 1. The summed E-state index contributed by atoms with van der Waals surface area (Å²) in [5.41, 5.74) is 0.390. The number of hydrogen-bond acceptors (Lipinski definition) is 4. The first-order valence-corrected chi connectivity index (χ1v) is 4.92. The fraction of sp³-hybridized carbons (Fsp3) is 0.200. The molecule has 0 atom stereocenters. The fourth-order valence-corrected chi connectivity index (χ4v) is 1.26. The lowest BCUT2D eigenvalue weighted by Gasteiger charge is -2.03. The van der Waals surface area contributed by atoms with E-state index in [4.69, 9.17) is 0 Å². The van der Waals surface area contributed by atoms with Crippen LogP contribution < -0.4 is 5.32 Å². The minimum absolute atomic E-state index is 0.222. The van der Waals surface area contributed by atoms with E-state index in [1.807, 2.05) is 0 Å². The van der Waals surface area contributed by atoms with Gasteiger partial charge in [-0.25, -0.2) is 9.07 Å². The summed E-state index contributed by atoms with van der Waals surface area (Å²) in [7, 11) is 1.68. The van der Waals surface area contributed by atoms with Crippen molar-refractivity contribution in [1.82, 2.24) is 25.5 Å². The van der Waals surface area contributed by atoms with E-state index in [9.17, 15) is 9.18 Å². The van der Waals surface area contributed by atoms with Crippen molar-refractivity contribution in [3.05, 3.63) is 41.5 Å². The molecule has 7 heteroatoms. The maximum absolute atomic E-state index is 12.7. The molecular formula is C10H10FN5O. The zero-order valence-electron chi connectivity index (χ0n) is 9.09. The van der Waals surface area contributed by atoms with Crippen LogP contribution in [-0.2, 0) is 13.6 Å². The van der Waals surface area contributed by atoms with Crippen LogP contribution in [0.4, 0.5) is 4.39 Å². The molecule has 0 unspecified atom stereocenters. The zero-order valence-corrected chi connectivity index (χ0v) is 9.09. The van der Waals surface area contributed by atoms with Crippen LogP contribution in [0.5, 0.6) is 0 Å². The Bertz CT molecular complexity index is 522. The van der Waals surface area contributed by atoms with Gasteiger partial charge in [0.15, 0.2) is 5.82 Å². The molecule has 0 saturated heterocycles. The van der Waals surface area contributed by atoms with Crippen molar-refractivity contribution in [3.63, 3.8) is 0 Å². The number of amides is 1. The third-order valence-electron chi connectivity index (χ3n) is 2.22. The average molecular weight is 235 g/mol. The standard InChI is InChI=1S/C10H10FN5O/c1-16-9(13-14-15-16)6-12-10(17)7-2-4-8(11)5-3-7/h2-5H,6H2,1H3,(H,12,17). The lowest BCUT2D eigenvalue weighted by molar-refractivity contribution is 0.0949. The Morgan fingerprint density at radius 3 is 2.71 bits per heavy atom. The van der Waals surface area contributed by atoms with Crippen molar-refractivity contribution >= 4 is 5.91 Å². The highest BCUT2D eigenvalue weighted by atomic mass is 19.1. The third kappa shape index (κ3) is 2.63. The molecule has 2 aromatic rings. The Kier molecular flexibility index (Phi) is 3.08. The van der Waals surface area contributed by atoms with Gasteiger partial charge < -0.3 is 5.32 Å². The molecule has 0 fully saturated rings. The van der Waals surface area contributed by atoms with E-state index in [0.29, 0.717) is 11.4 Å². The van der Waals surface area contributed by atoms with Crippen molar-refractivity contribution < 1.29 is 9.18 Å². The summed E-state index contributed by atoms with van der Waals surface area (Å²) < 4.78 is 14.1. The number of benzene rings is 1. The number of carbonyl (C=O) groups is 1. The van der Waals surface area contributed by atoms with Crippen LogP contribution in [0.3, 0.4) is 0 Å². The predicted octanol–water partition coefficient (Wildman–Crippen LogP) is 0.279. The molecule has 88 valence electrons. The van der Waals surface area contributed by atoms with Crippen LogP contribution in [0.1, 0.15) is 16.2 Å². The second kappa shape index (κ2) is 4.69. The highest BCUT2D eigenvalue weighted by molar-refractivity contribution is 5.93. The number of halogens is 1. The summed E-state index contributed by atoms with van der Waals surface area (Å²) in [6, 6.07) is 5.30. The molecule has 0 aliphatic heterocycles. The quantitative estimate of drug-likeness (QED) is 0.829. The number of aromatic nitrogens is 4. The lowest BCUT2D eigenvalue weighted by Crippen LogP contribution is -2.24. The smallest absolute Gasteiger partial charge is 0.251 e. The van der Waals surface area contributed by atoms with Crippen LogP contribution >= 0.6 is 0 Å². The minimum Gasteiger partial charge on any atom is -0.345 e. The molecule has 1 heterocycles. The number of rotatable bonds is 3. The number of hydrogen-bond donors (Lipinski definition) is 1. The molecule has 2 rings (SSSR count). The molecule has 0 aliphatic rings. The van der Waals surface area contributed by atoms with Crippen molar-refractivity contribution in [1.29, 1.82) is 0 Å². The Hall–Kier alpha value is -2.31. The highest BCUT2D eigenvalue weighted by Crippen LogP contribution is 2.02. The monoisotopic (exact) mass is 235 g/mol. The van der Waals surface area contributed by atoms with Gasteiger partial charge in [-0.3, -0.25) is 4.79 Å². The SMILES string of the molecule is Cn1nnnc1CNC(=O)c1ccc(F)cc1. The van der Waals surface area contributed by atoms with Gasteiger partial charge in [0, 0.05) is 12.6 Å². The fourth-order valence-electron chi connectivity index (χ4n) is 1.26. The van der Waals surface area contributed by atoms with Gasteiger partial charge in [-0.15, -0.1) is 5.10 Å². The summed E-state index contributed by atoms with van der Waals surface area (Å²) >= 11 is 0. The predicted molar refractivity (Wildman–Crippen MR) is 56.4 cm³/mol. The normalized spacial score (nSPS) is 10.2. The molecule has 1 aromatic carbocycles. The van der Waals surface area contributed by atoms with Gasteiger partial charge in [-0.1, -0.05) is 0 Å². The molecule has 0 radical (unpaired) electrons. The van der Waals surface area contributed by atoms with Gasteiger partial charge >= 0.3 is 0 Å². The third-order valence-corrected chi connectivity index (χ3v) is 2.22. The van der Waals surface area contributed by atoms with E-state index in [1.165, 1.54) is 28.9 Å². The van der Waals surface area contributed by atoms with E-state index < -0.39 is 0 Å². The van der Waals surface area contributed by atoms with Gasteiger partial charge in [0.25, 0.3) is 5.91 Å². The molecule has 0 aliphatic carbocycles. The van der Waals surface area contributed by atoms with Crippen LogP contribution in [0.2, 0.25) is 0 Å². The minimum atomic E-state index is -0.376. The van der Waals surface area contributed by atoms with Crippen molar-refractivity contribution in [2.75, 3.05) is 0 Å². The summed E-state index contributed by atoms with van der Waals surface area (Å²) in [6.45, 7) is 0.222. The Morgan fingerprint density at radius 2 is 2.12 bits per heavy atom. The maximum Gasteiger partial charge on any atom is 0.251 e. The molecule has 0 spiro atoms. The van der Waals surface area contributed by atoms with E-state index in [0.717, 1.165) is 0 Å². The van der Waals surface area contributed by atoms with Gasteiger partial charge in [0.05, 0.1) is 6.54 Å². The topological polar surface area (TPSA) is 72.7 Å². The first kappa shape index (κ1) is 11.2. The Labute approximate surface area is 96.4 Å².